The molecule has 0 spiro atoms. The molecule has 0 aliphatic carbocycles. The summed E-state index contributed by atoms with van der Waals surface area (Å²) in [6.07, 6.45) is 7.46. The van der Waals surface area contributed by atoms with Gasteiger partial charge in [0.15, 0.2) is 5.82 Å². The third-order valence-electron chi connectivity index (χ3n) is 3.80. The first-order chi connectivity index (χ1) is 10.3. The average Bonchev–Trinajstić information content (AvgIpc) is 2.55. The minimum atomic E-state index is 0.944. The van der Waals surface area contributed by atoms with Crippen LogP contribution in [0.25, 0.3) is 0 Å². The third kappa shape index (κ3) is 3.76. The van der Waals surface area contributed by atoms with Gasteiger partial charge in [0.05, 0.1) is 0 Å². The summed E-state index contributed by atoms with van der Waals surface area (Å²) < 4.78 is 0. The van der Waals surface area contributed by atoms with E-state index in [1.165, 1.54) is 30.4 Å². The number of nitrogens with zero attached hydrogens (tertiary/aromatic N) is 3. The number of anilines is 1. The van der Waals surface area contributed by atoms with Crippen molar-refractivity contribution in [3.8, 4) is 0 Å². The maximum Gasteiger partial charge on any atom is 0.161 e. The van der Waals surface area contributed by atoms with E-state index < -0.39 is 0 Å². The molecule has 1 aromatic carbocycles. The molecule has 1 saturated heterocycles. The van der Waals surface area contributed by atoms with Crippen molar-refractivity contribution in [3.05, 3.63) is 47.8 Å². The van der Waals surface area contributed by atoms with Crippen LogP contribution in [-0.2, 0) is 5.75 Å². The lowest BCUT2D eigenvalue weighted by atomic mass is 10.1. The van der Waals surface area contributed by atoms with Gasteiger partial charge in [0, 0.05) is 31.2 Å². The zero-order valence-electron chi connectivity index (χ0n) is 12.5. The highest BCUT2D eigenvalue weighted by Crippen LogP contribution is 2.30. The molecule has 21 heavy (non-hydrogen) atoms. The molecule has 3 nitrogen and oxygen atoms in total. The first-order valence-electron chi connectivity index (χ1n) is 7.57. The molecular formula is C17H21N3S. The summed E-state index contributed by atoms with van der Waals surface area (Å²) in [6.45, 7) is 4.33. The molecule has 0 radical (unpaired) electrons. The van der Waals surface area contributed by atoms with Crippen molar-refractivity contribution in [3.63, 3.8) is 0 Å². The van der Waals surface area contributed by atoms with Gasteiger partial charge >= 0.3 is 0 Å². The van der Waals surface area contributed by atoms with E-state index in [-0.39, 0.29) is 0 Å². The first-order valence-corrected chi connectivity index (χ1v) is 8.56. The van der Waals surface area contributed by atoms with Gasteiger partial charge in [0.25, 0.3) is 0 Å². The molecule has 1 aliphatic rings. The molecule has 3 rings (SSSR count). The van der Waals surface area contributed by atoms with Crippen LogP contribution in [0.15, 0.2) is 41.7 Å². The van der Waals surface area contributed by atoms with Crippen LogP contribution in [0.5, 0.6) is 0 Å². The molecule has 2 heterocycles. The minimum absolute atomic E-state index is 0.944. The fourth-order valence-corrected chi connectivity index (χ4v) is 3.52. The Hall–Kier alpha value is -1.55. The molecule has 1 aromatic heterocycles. The van der Waals surface area contributed by atoms with Crippen LogP contribution >= 0.6 is 11.8 Å². The summed E-state index contributed by atoms with van der Waals surface area (Å²) in [6, 6.07) is 8.72. The van der Waals surface area contributed by atoms with Crippen LogP contribution in [0, 0.1) is 6.92 Å². The Morgan fingerprint density at radius 3 is 2.48 bits per heavy atom. The predicted octanol–water partition coefficient (Wildman–Crippen LogP) is 4.07. The Balaban J connectivity index is 1.71. The Bertz CT molecular complexity index is 577. The fraction of sp³-hybridized carbons (Fsp3) is 0.412. The summed E-state index contributed by atoms with van der Waals surface area (Å²) in [5.41, 5.74) is 2.64. The van der Waals surface area contributed by atoms with Crippen molar-refractivity contribution < 1.29 is 0 Å². The SMILES string of the molecule is Cc1ccc(CSc2nccnc2N2CCCCC2)cc1. The van der Waals surface area contributed by atoms with Gasteiger partial charge in [-0.15, -0.1) is 0 Å². The monoisotopic (exact) mass is 299 g/mol. The minimum Gasteiger partial charge on any atom is -0.354 e. The predicted molar refractivity (Wildman–Crippen MR) is 88.8 cm³/mol. The number of hydrogen-bond acceptors (Lipinski definition) is 4. The lowest BCUT2D eigenvalue weighted by Gasteiger charge is -2.28. The lowest BCUT2D eigenvalue weighted by molar-refractivity contribution is 0.568. The van der Waals surface area contributed by atoms with Crippen molar-refractivity contribution in [2.24, 2.45) is 0 Å². The molecule has 4 heteroatoms. The number of hydrogen-bond donors (Lipinski definition) is 0. The summed E-state index contributed by atoms with van der Waals surface area (Å²) >= 11 is 1.78. The van der Waals surface area contributed by atoms with Crippen LogP contribution in [-0.4, -0.2) is 23.1 Å². The number of piperidine rings is 1. The van der Waals surface area contributed by atoms with Crippen LogP contribution in [0.4, 0.5) is 5.82 Å². The molecule has 0 N–H and O–H groups in total. The van der Waals surface area contributed by atoms with Crippen molar-refractivity contribution in [1.29, 1.82) is 0 Å². The van der Waals surface area contributed by atoms with E-state index in [1.807, 2.05) is 0 Å². The molecule has 2 aromatic rings. The van der Waals surface area contributed by atoms with E-state index in [9.17, 15) is 0 Å². The van der Waals surface area contributed by atoms with Crippen LogP contribution in [0.2, 0.25) is 0 Å². The van der Waals surface area contributed by atoms with Gasteiger partial charge in [-0.1, -0.05) is 41.6 Å². The van der Waals surface area contributed by atoms with E-state index in [1.54, 1.807) is 24.2 Å². The number of benzene rings is 1. The normalized spacial score (nSPS) is 15.2. The number of aromatic nitrogens is 2. The van der Waals surface area contributed by atoms with Gasteiger partial charge in [-0.3, -0.25) is 0 Å². The number of rotatable bonds is 4. The maximum absolute atomic E-state index is 4.57. The van der Waals surface area contributed by atoms with Gasteiger partial charge in [0.2, 0.25) is 0 Å². The standard InChI is InChI=1S/C17H21N3S/c1-14-5-7-15(8-6-14)13-21-17-16(18-9-10-19-17)20-11-3-2-4-12-20/h5-10H,2-4,11-13H2,1H3. The summed E-state index contributed by atoms with van der Waals surface area (Å²) in [5.74, 6) is 2.01. The van der Waals surface area contributed by atoms with Gasteiger partial charge < -0.3 is 4.90 Å². The summed E-state index contributed by atoms with van der Waals surface area (Å²) in [5, 5.41) is 1.06. The van der Waals surface area contributed by atoms with Crippen molar-refractivity contribution in [1.82, 2.24) is 9.97 Å². The Morgan fingerprint density at radius 1 is 1.00 bits per heavy atom. The fourth-order valence-electron chi connectivity index (χ4n) is 2.58. The van der Waals surface area contributed by atoms with Gasteiger partial charge in [-0.25, -0.2) is 9.97 Å². The van der Waals surface area contributed by atoms with Crippen molar-refractivity contribution in [2.45, 2.75) is 37.0 Å². The quantitative estimate of drug-likeness (QED) is 0.796. The number of thioether (sulfide) groups is 1. The zero-order chi connectivity index (χ0) is 14.5. The van der Waals surface area contributed by atoms with E-state index in [4.69, 9.17) is 0 Å². The molecule has 110 valence electrons. The summed E-state index contributed by atoms with van der Waals surface area (Å²) in [7, 11) is 0. The Kier molecular flexibility index (Phi) is 4.76. The molecule has 0 atom stereocenters. The molecule has 1 aliphatic heterocycles. The lowest BCUT2D eigenvalue weighted by Crippen LogP contribution is -2.30. The van der Waals surface area contributed by atoms with Crippen LogP contribution < -0.4 is 4.90 Å². The highest BCUT2D eigenvalue weighted by atomic mass is 32.2. The van der Waals surface area contributed by atoms with Crippen LogP contribution in [0.1, 0.15) is 30.4 Å². The largest absolute Gasteiger partial charge is 0.354 e. The average molecular weight is 299 g/mol. The zero-order valence-corrected chi connectivity index (χ0v) is 13.3. The number of aryl methyl sites for hydroxylation is 1. The van der Waals surface area contributed by atoms with E-state index in [0.29, 0.717) is 0 Å². The van der Waals surface area contributed by atoms with Crippen molar-refractivity contribution in [2.75, 3.05) is 18.0 Å². The van der Waals surface area contributed by atoms with Gasteiger partial charge in [-0.05, 0) is 31.7 Å². The maximum atomic E-state index is 4.57. The molecule has 0 saturated carbocycles. The van der Waals surface area contributed by atoms with Gasteiger partial charge in [-0.2, -0.15) is 0 Å². The second kappa shape index (κ2) is 6.94. The first kappa shape index (κ1) is 14.4. The highest BCUT2D eigenvalue weighted by molar-refractivity contribution is 7.98. The van der Waals surface area contributed by atoms with Crippen molar-refractivity contribution >= 4 is 17.6 Å². The topological polar surface area (TPSA) is 29.0 Å². The molecule has 1 fully saturated rings. The molecule has 0 unspecified atom stereocenters. The second-order valence-electron chi connectivity index (χ2n) is 5.51. The smallest absolute Gasteiger partial charge is 0.161 e. The van der Waals surface area contributed by atoms with E-state index in [2.05, 4.69) is 46.1 Å². The Labute approximate surface area is 130 Å². The summed E-state index contributed by atoms with van der Waals surface area (Å²) in [4.78, 5) is 11.5. The van der Waals surface area contributed by atoms with Crippen LogP contribution in [0.3, 0.4) is 0 Å². The van der Waals surface area contributed by atoms with E-state index in [0.717, 1.165) is 29.7 Å². The molecular weight excluding hydrogens is 278 g/mol. The Morgan fingerprint density at radius 2 is 1.71 bits per heavy atom. The van der Waals surface area contributed by atoms with Gasteiger partial charge in [0.1, 0.15) is 5.03 Å². The molecule has 0 bridgehead atoms. The third-order valence-corrected chi connectivity index (χ3v) is 4.84. The molecule has 0 amide bonds. The second-order valence-corrected chi connectivity index (χ2v) is 6.47. The van der Waals surface area contributed by atoms with E-state index >= 15 is 0 Å². The highest BCUT2D eigenvalue weighted by Gasteiger charge is 2.16.